The van der Waals surface area contributed by atoms with Crippen molar-refractivity contribution < 1.29 is 40.6 Å². The molecule has 2 unspecified atom stereocenters. The zero-order valence-corrected chi connectivity index (χ0v) is 22.1. The second-order valence-corrected chi connectivity index (χ2v) is 11.4. The number of alkyl halides is 4. The fourth-order valence-corrected chi connectivity index (χ4v) is 6.16. The van der Waals surface area contributed by atoms with Crippen LogP contribution < -0.4 is 0 Å². The number of benzene rings is 1. The van der Waals surface area contributed by atoms with E-state index in [1.807, 2.05) is 0 Å². The minimum Gasteiger partial charge on any atom is -0.378 e. The van der Waals surface area contributed by atoms with Gasteiger partial charge in [0.2, 0.25) is 0 Å². The number of halogens is 6. The maximum Gasteiger partial charge on any atom is 0.361 e. The maximum atomic E-state index is 15.0. The molecule has 1 heterocycles. The Hall–Kier alpha value is -1.32. The average Bonchev–Trinajstić information content (AvgIpc) is 2.90. The fourth-order valence-electron chi connectivity index (χ4n) is 6.16. The van der Waals surface area contributed by atoms with Crippen LogP contribution in [0.5, 0.6) is 0 Å². The van der Waals surface area contributed by atoms with Crippen LogP contribution in [0, 0.1) is 23.5 Å². The van der Waals surface area contributed by atoms with Gasteiger partial charge >= 0.3 is 12.2 Å². The molecule has 0 spiro atoms. The first-order chi connectivity index (χ1) is 18.1. The largest absolute Gasteiger partial charge is 0.378 e. The van der Waals surface area contributed by atoms with Crippen molar-refractivity contribution in [2.75, 3.05) is 6.61 Å². The van der Waals surface area contributed by atoms with Gasteiger partial charge in [0.15, 0.2) is 11.6 Å². The summed E-state index contributed by atoms with van der Waals surface area (Å²) in [5, 5.41) is 0. The van der Waals surface area contributed by atoms with E-state index in [-0.39, 0.29) is 44.3 Å². The SMILES string of the molecule is CCCCC1CCC(C(F)(F)OC2CCC(C(F)(F)OC3CCC(c4ccc(F)c(F)c4)CC3)CC2)CO1. The predicted molar refractivity (Wildman–Crippen MR) is 131 cm³/mol. The second kappa shape index (κ2) is 12.9. The van der Waals surface area contributed by atoms with Crippen LogP contribution in [0.2, 0.25) is 0 Å². The van der Waals surface area contributed by atoms with Gasteiger partial charge in [-0.15, -0.1) is 0 Å². The molecule has 216 valence electrons. The van der Waals surface area contributed by atoms with Crippen LogP contribution in [-0.4, -0.2) is 37.1 Å². The lowest BCUT2D eigenvalue weighted by atomic mass is 9.82. The summed E-state index contributed by atoms with van der Waals surface area (Å²) in [5.74, 6) is -3.90. The molecule has 0 bridgehead atoms. The molecule has 2 aliphatic carbocycles. The monoisotopic (exact) mass is 550 g/mol. The Morgan fingerprint density at radius 3 is 1.89 bits per heavy atom. The molecule has 3 aliphatic rings. The number of hydrogen-bond acceptors (Lipinski definition) is 3. The Morgan fingerprint density at radius 2 is 1.34 bits per heavy atom. The molecule has 1 aromatic carbocycles. The van der Waals surface area contributed by atoms with E-state index in [4.69, 9.17) is 14.2 Å². The van der Waals surface area contributed by atoms with Crippen molar-refractivity contribution in [3.8, 4) is 0 Å². The van der Waals surface area contributed by atoms with Gasteiger partial charge in [0, 0.05) is 0 Å². The standard InChI is InChI=1S/C29H40F6O3/c1-2-3-4-23-13-10-22(18-36-23)29(34,35)38-25-14-8-21(9-15-25)28(32,33)37-24-11-5-19(6-12-24)20-7-16-26(30)27(31)17-20/h7,16-17,19,21-25H,2-6,8-15,18H2,1H3. The van der Waals surface area contributed by atoms with Gasteiger partial charge in [0.1, 0.15) is 0 Å². The van der Waals surface area contributed by atoms with E-state index in [9.17, 15) is 26.3 Å². The molecule has 3 fully saturated rings. The maximum absolute atomic E-state index is 15.0. The topological polar surface area (TPSA) is 27.7 Å². The first-order valence-corrected chi connectivity index (χ1v) is 14.2. The highest BCUT2D eigenvalue weighted by molar-refractivity contribution is 5.22. The molecule has 1 aliphatic heterocycles. The molecule has 2 atom stereocenters. The van der Waals surface area contributed by atoms with Crippen molar-refractivity contribution >= 4 is 0 Å². The molecule has 0 amide bonds. The summed E-state index contributed by atoms with van der Waals surface area (Å²) in [6.45, 7) is 2.04. The smallest absolute Gasteiger partial charge is 0.361 e. The van der Waals surface area contributed by atoms with Gasteiger partial charge in [-0.05, 0) is 94.2 Å². The van der Waals surface area contributed by atoms with Gasteiger partial charge in [-0.3, -0.25) is 0 Å². The quantitative estimate of drug-likeness (QED) is 0.273. The summed E-state index contributed by atoms with van der Waals surface area (Å²) in [6.07, 6.45) is -1.93. The van der Waals surface area contributed by atoms with Gasteiger partial charge in [0.25, 0.3) is 0 Å². The lowest BCUT2D eigenvalue weighted by molar-refractivity contribution is -0.323. The van der Waals surface area contributed by atoms with E-state index in [0.717, 1.165) is 25.3 Å². The first kappa shape index (κ1) is 29.7. The Kier molecular flexibility index (Phi) is 10.1. The molecule has 0 N–H and O–H groups in total. The van der Waals surface area contributed by atoms with Crippen LogP contribution in [0.4, 0.5) is 26.3 Å². The molecule has 2 saturated carbocycles. The lowest BCUT2D eigenvalue weighted by Gasteiger charge is -2.39. The van der Waals surface area contributed by atoms with E-state index < -0.39 is 47.9 Å². The molecule has 38 heavy (non-hydrogen) atoms. The molecular formula is C29H40F6O3. The third-order valence-corrected chi connectivity index (χ3v) is 8.61. The van der Waals surface area contributed by atoms with Crippen LogP contribution in [-0.2, 0) is 14.2 Å². The Bertz CT molecular complexity index is 873. The third kappa shape index (κ3) is 7.66. The zero-order valence-electron chi connectivity index (χ0n) is 22.1. The van der Waals surface area contributed by atoms with Crippen LogP contribution in [0.1, 0.15) is 102 Å². The fraction of sp³-hybridized carbons (Fsp3) is 0.793. The van der Waals surface area contributed by atoms with Gasteiger partial charge in [-0.2, -0.15) is 17.6 Å². The molecule has 0 aromatic heterocycles. The minimum absolute atomic E-state index is 0.0235. The molecule has 1 aromatic rings. The van der Waals surface area contributed by atoms with E-state index in [1.165, 1.54) is 12.1 Å². The highest BCUT2D eigenvalue weighted by atomic mass is 19.3. The van der Waals surface area contributed by atoms with Crippen LogP contribution >= 0.6 is 0 Å². The summed E-state index contributed by atoms with van der Waals surface area (Å²) in [5.41, 5.74) is 0.667. The minimum atomic E-state index is -3.35. The lowest BCUT2D eigenvalue weighted by Crippen LogP contribution is -2.44. The number of rotatable bonds is 10. The van der Waals surface area contributed by atoms with Crippen molar-refractivity contribution in [2.45, 2.75) is 127 Å². The molecule has 0 radical (unpaired) electrons. The zero-order chi connectivity index (χ0) is 27.3. The summed E-state index contributed by atoms with van der Waals surface area (Å²) in [7, 11) is 0. The highest BCUT2D eigenvalue weighted by Gasteiger charge is 2.48. The second-order valence-electron chi connectivity index (χ2n) is 11.4. The van der Waals surface area contributed by atoms with E-state index >= 15 is 0 Å². The summed E-state index contributed by atoms with van der Waals surface area (Å²) < 4.78 is 102. The van der Waals surface area contributed by atoms with Gasteiger partial charge < -0.3 is 14.2 Å². The van der Waals surface area contributed by atoms with Gasteiger partial charge in [0.05, 0.1) is 36.8 Å². The number of ether oxygens (including phenoxy) is 3. The van der Waals surface area contributed by atoms with Crippen molar-refractivity contribution in [2.24, 2.45) is 11.8 Å². The molecule has 4 rings (SSSR count). The van der Waals surface area contributed by atoms with Crippen molar-refractivity contribution in [3.05, 3.63) is 35.4 Å². The number of unbranched alkanes of at least 4 members (excludes halogenated alkanes) is 1. The van der Waals surface area contributed by atoms with E-state index in [2.05, 4.69) is 6.92 Å². The van der Waals surface area contributed by atoms with E-state index in [0.29, 0.717) is 44.1 Å². The first-order valence-electron chi connectivity index (χ1n) is 14.2. The summed E-state index contributed by atoms with van der Waals surface area (Å²) in [4.78, 5) is 0. The van der Waals surface area contributed by atoms with Gasteiger partial charge in [-0.1, -0.05) is 25.8 Å². The van der Waals surface area contributed by atoms with Crippen molar-refractivity contribution in [1.82, 2.24) is 0 Å². The third-order valence-electron chi connectivity index (χ3n) is 8.61. The van der Waals surface area contributed by atoms with Crippen LogP contribution in [0.25, 0.3) is 0 Å². The summed E-state index contributed by atoms with van der Waals surface area (Å²) in [6, 6.07) is 3.80. The molecule has 1 saturated heterocycles. The van der Waals surface area contributed by atoms with Crippen LogP contribution in [0.3, 0.4) is 0 Å². The molecule has 9 heteroatoms. The molecular weight excluding hydrogens is 510 g/mol. The Balaban J connectivity index is 1.19. The normalized spacial score (nSPS) is 31.3. The van der Waals surface area contributed by atoms with E-state index in [1.54, 1.807) is 0 Å². The Labute approximate surface area is 221 Å². The van der Waals surface area contributed by atoms with Crippen molar-refractivity contribution in [3.63, 3.8) is 0 Å². The van der Waals surface area contributed by atoms with Crippen LogP contribution in [0.15, 0.2) is 18.2 Å². The molecule has 3 nitrogen and oxygen atoms in total. The van der Waals surface area contributed by atoms with Crippen molar-refractivity contribution in [1.29, 1.82) is 0 Å². The summed E-state index contributed by atoms with van der Waals surface area (Å²) >= 11 is 0. The predicted octanol–water partition coefficient (Wildman–Crippen LogP) is 8.75. The highest BCUT2D eigenvalue weighted by Crippen LogP contribution is 2.44. The van der Waals surface area contributed by atoms with Gasteiger partial charge in [-0.25, -0.2) is 8.78 Å². The number of hydrogen-bond donors (Lipinski definition) is 0. The Morgan fingerprint density at radius 1 is 0.763 bits per heavy atom. The average molecular weight is 551 g/mol.